The van der Waals surface area contributed by atoms with Crippen molar-refractivity contribution in [2.75, 3.05) is 51.3 Å². The topological polar surface area (TPSA) is 71.0 Å². The SMILES string of the molecule is COC1=CCC(C(=O)N2CCCc3nc(N4CCN(C5CCC5)CC4)ncc3CC2)C=C1OC1CCCC1. The van der Waals surface area contributed by atoms with E-state index in [0.717, 1.165) is 88.3 Å². The summed E-state index contributed by atoms with van der Waals surface area (Å²) in [6.45, 7) is 5.73. The molecule has 1 saturated heterocycles. The van der Waals surface area contributed by atoms with Gasteiger partial charge in [-0.05, 0) is 81.9 Å². The fourth-order valence-electron chi connectivity index (χ4n) is 6.61. The summed E-state index contributed by atoms with van der Waals surface area (Å²) in [6.07, 6.45) is 18.3. The maximum Gasteiger partial charge on any atom is 0.229 e. The van der Waals surface area contributed by atoms with E-state index in [1.54, 1.807) is 7.11 Å². The van der Waals surface area contributed by atoms with Crippen LogP contribution >= 0.6 is 0 Å². The van der Waals surface area contributed by atoms with Gasteiger partial charge in [0.05, 0.1) is 19.1 Å². The van der Waals surface area contributed by atoms with Crippen molar-refractivity contribution < 1.29 is 14.3 Å². The quantitative estimate of drug-likeness (QED) is 0.563. The Hall–Kier alpha value is -2.61. The smallest absolute Gasteiger partial charge is 0.229 e. The van der Waals surface area contributed by atoms with Crippen LogP contribution in [-0.4, -0.2) is 84.2 Å². The first-order valence-electron chi connectivity index (χ1n) is 14.9. The van der Waals surface area contributed by atoms with Gasteiger partial charge in [0.2, 0.25) is 11.9 Å². The Morgan fingerprint density at radius 1 is 0.921 bits per heavy atom. The van der Waals surface area contributed by atoms with Crippen LogP contribution in [0.15, 0.2) is 29.9 Å². The van der Waals surface area contributed by atoms with Gasteiger partial charge in [0, 0.05) is 57.2 Å². The zero-order chi connectivity index (χ0) is 25.9. The minimum absolute atomic E-state index is 0.189. The zero-order valence-electron chi connectivity index (χ0n) is 22.9. The number of hydrogen-bond donors (Lipinski definition) is 0. The van der Waals surface area contributed by atoms with Crippen LogP contribution in [0.1, 0.15) is 69.0 Å². The highest BCUT2D eigenvalue weighted by Crippen LogP contribution is 2.31. The second-order valence-corrected chi connectivity index (χ2v) is 11.6. The van der Waals surface area contributed by atoms with Crippen LogP contribution in [0.3, 0.4) is 0 Å². The summed E-state index contributed by atoms with van der Waals surface area (Å²) in [5, 5.41) is 0. The number of amides is 1. The lowest BCUT2D eigenvalue weighted by atomic mass is 9.91. The number of methoxy groups -OCH3 is 1. The van der Waals surface area contributed by atoms with Crippen LogP contribution in [-0.2, 0) is 27.1 Å². The number of nitrogens with zero attached hydrogens (tertiary/aromatic N) is 5. The molecule has 1 aromatic heterocycles. The average Bonchev–Trinajstić information content (AvgIpc) is 3.41. The number of fused-ring (bicyclic) bond motifs is 1. The van der Waals surface area contributed by atoms with Gasteiger partial charge in [-0.1, -0.05) is 6.42 Å². The summed E-state index contributed by atoms with van der Waals surface area (Å²) in [5.41, 5.74) is 2.35. The molecule has 0 spiro atoms. The number of carbonyl (C=O) groups excluding carboxylic acids is 1. The van der Waals surface area contributed by atoms with Gasteiger partial charge in [-0.25, -0.2) is 9.97 Å². The molecule has 206 valence electrons. The van der Waals surface area contributed by atoms with Gasteiger partial charge in [-0.2, -0.15) is 0 Å². The molecule has 2 aliphatic heterocycles. The van der Waals surface area contributed by atoms with Gasteiger partial charge in [0.1, 0.15) is 0 Å². The first kappa shape index (κ1) is 25.7. The van der Waals surface area contributed by atoms with Crippen molar-refractivity contribution in [2.24, 2.45) is 5.92 Å². The molecule has 0 bridgehead atoms. The van der Waals surface area contributed by atoms with Gasteiger partial charge in [-0.15, -0.1) is 0 Å². The molecule has 1 unspecified atom stereocenters. The van der Waals surface area contributed by atoms with Crippen molar-refractivity contribution in [2.45, 2.75) is 82.8 Å². The summed E-state index contributed by atoms with van der Waals surface area (Å²) < 4.78 is 11.8. The third kappa shape index (κ3) is 5.56. The van der Waals surface area contributed by atoms with E-state index in [-0.39, 0.29) is 17.9 Å². The molecule has 1 amide bonds. The molecule has 5 aliphatic rings. The number of piperazine rings is 1. The Kier molecular flexibility index (Phi) is 7.86. The molecule has 38 heavy (non-hydrogen) atoms. The number of carbonyl (C=O) groups is 1. The fourth-order valence-corrected chi connectivity index (χ4v) is 6.61. The lowest BCUT2D eigenvalue weighted by Gasteiger charge is -2.43. The molecule has 0 aromatic carbocycles. The highest BCUT2D eigenvalue weighted by atomic mass is 16.5. The first-order chi connectivity index (χ1) is 18.7. The van der Waals surface area contributed by atoms with E-state index in [2.05, 4.69) is 9.80 Å². The van der Waals surface area contributed by atoms with Crippen molar-refractivity contribution >= 4 is 11.9 Å². The lowest BCUT2D eigenvalue weighted by Crippen LogP contribution is -2.52. The molecule has 8 nitrogen and oxygen atoms in total. The molecule has 0 radical (unpaired) electrons. The maximum absolute atomic E-state index is 13.6. The lowest BCUT2D eigenvalue weighted by molar-refractivity contribution is -0.134. The second-order valence-electron chi connectivity index (χ2n) is 11.6. The van der Waals surface area contributed by atoms with E-state index in [0.29, 0.717) is 13.0 Å². The van der Waals surface area contributed by atoms with Crippen LogP contribution in [0.5, 0.6) is 0 Å². The molecule has 3 heterocycles. The Balaban J connectivity index is 1.07. The Labute approximate surface area is 227 Å². The number of hydrogen-bond acceptors (Lipinski definition) is 7. The van der Waals surface area contributed by atoms with Gasteiger partial charge >= 0.3 is 0 Å². The Morgan fingerprint density at radius 2 is 1.74 bits per heavy atom. The second kappa shape index (κ2) is 11.6. The monoisotopic (exact) mass is 521 g/mol. The largest absolute Gasteiger partial charge is 0.493 e. The highest BCUT2D eigenvalue weighted by Gasteiger charge is 2.31. The molecule has 6 rings (SSSR count). The average molecular weight is 522 g/mol. The van der Waals surface area contributed by atoms with Gasteiger partial charge in [0.25, 0.3) is 0 Å². The molecule has 3 fully saturated rings. The normalized spacial score (nSPS) is 25.6. The van der Waals surface area contributed by atoms with Crippen molar-refractivity contribution in [1.29, 1.82) is 0 Å². The third-order valence-corrected chi connectivity index (χ3v) is 9.22. The molecule has 1 atom stereocenters. The van der Waals surface area contributed by atoms with Crippen LogP contribution in [0.2, 0.25) is 0 Å². The Bertz CT molecular complexity index is 1050. The van der Waals surface area contributed by atoms with E-state index < -0.39 is 0 Å². The molecule has 0 N–H and O–H groups in total. The molecule has 1 aromatic rings. The minimum Gasteiger partial charge on any atom is -0.493 e. The summed E-state index contributed by atoms with van der Waals surface area (Å²) >= 11 is 0. The summed E-state index contributed by atoms with van der Waals surface area (Å²) in [4.78, 5) is 30.4. The third-order valence-electron chi connectivity index (χ3n) is 9.22. The number of ether oxygens (including phenoxy) is 2. The van der Waals surface area contributed by atoms with E-state index >= 15 is 0 Å². The molecular weight excluding hydrogens is 478 g/mol. The number of anilines is 1. The molecule has 2 saturated carbocycles. The van der Waals surface area contributed by atoms with E-state index in [9.17, 15) is 4.79 Å². The zero-order valence-corrected chi connectivity index (χ0v) is 22.9. The van der Waals surface area contributed by atoms with Gasteiger partial charge < -0.3 is 19.3 Å². The number of allylic oxidation sites excluding steroid dienone is 1. The Morgan fingerprint density at radius 3 is 2.47 bits per heavy atom. The number of rotatable bonds is 6. The van der Waals surface area contributed by atoms with E-state index in [4.69, 9.17) is 19.4 Å². The van der Waals surface area contributed by atoms with Crippen LogP contribution in [0.25, 0.3) is 0 Å². The fraction of sp³-hybridized carbons (Fsp3) is 0.700. The standard InChI is InChI=1S/C30H43N5O3/c1-37-27-12-11-22(20-28(27)38-25-8-2-3-9-25)29(36)34-14-5-10-26-23(13-15-34)21-31-30(32-26)35-18-16-33(17-19-35)24-6-4-7-24/h12,20-22,24-25H,2-11,13-19H2,1H3. The molecular formula is C30H43N5O3. The van der Waals surface area contributed by atoms with Crippen molar-refractivity contribution in [3.05, 3.63) is 41.1 Å². The predicted octanol–water partition coefficient (Wildman–Crippen LogP) is 3.86. The predicted molar refractivity (Wildman–Crippen MR) is 147 cm³/mol. The summed E-state index contributed by atoms with van der Waals surface area (Å²) in [7, 11) is 1.68. The van der Waals surface area contributed by atoms with Gasteiger partial charge in [0.15, 0.2) is 11.5 Å². The highest BCUT2D eigenvalue weighted by molar-refractivity contribution is 5.81. The first-order valence-corrected chi connectivity index (χ1v) is 14.9. The minimum atomic E-state index is -0.193. The van der Waals surface area contributed by atoms with Crippen LogP contribution in [0, 0.1) is 5.92 Å². The maximum atomic E-state index is 13.6. The number of aryl methyl sites for hydroxylation is 1. The van der Waals surface area contributed by atoms with Crippen molar-refractivity contribution in [3.8, 4) is 0 Å². The van der Waals surface area contributed by atoms with Crippen molar-refractivity contribution in [3.63, 3.8) is 0 Å². The summed E-state index contributed by atoms with van der Waals surface area (Å²) in [6, 6.07) is 0.813. The molecule has 3 aliphatic carbocycles. The summed E-state index contributed by atoms with van der Waals surface area (Å²) in [5.74, 6) is 2.39. The molecule has 8 heteroatoms. The van der Waals surface area contributed by atoms with E-state index in [1.165, 1.54) is 43.4 Å². The van der Waals surface area contributed by atoms with E-state index in [1.807, 2.05) is 23.2 Å². The van der Waals surface area contributed by atoms with Gasteiger partial charge in [-0.3, -0.25) is 9.69 Å². The van der Waals surface area contributed by atoms with Crippen LogP contribution in [0.4, 0.5) is 5.95 Å². The van der Waals surface area contributed by atoms with Crippen molar-refractivity contribution in [1.82, 2.24) is 19.8 Å². The number of aromatic nitrogens is 2. The van der Waals surface area contributed by atoms with Crippen LogP contribution < -0.4 is 4.90 Å².